The average molecular weight is 637 g/mol. The second-order valence-corrected chi connectivity index (χ2v) is 9.76. The molecule has 5 aromatic rings. The van der Waals surface area contributed by atoms with Gasteiger partial charge in [0.1, 0.15) is 17.2 Å². The first-order valence-electron chi connectivity index (χ1n) is 11.3. The molecule has 2 aromatic heterocycles. The molecule has 8 nitrogen and oxygen atoms in total. The van der Waals surface area contributed by atoms with Crippen LogP contribution >= 0.6 is 31.9 Å². The van der Waals surface area contributed by atoms with Gasteiger partial charge in [-0.2, -0.15) is 5.10 Å². The Morgan fingerprint density at radius 2 is 1.79 bits per heavy atom. The minimum absolute atomic E-state index is 0.0675. The fourth-order valence-electron chi connectivity index (χ4n) is 3.95. The second-order valence-electron chi connectivity index (χ2n) is 7.99. The topological polar surface area (TPSA) is 106 Å². The Bertz CT molecular complexity index is 1660. The standard InChI is InChI=1S/C28H19Br2N3O5/c1-36-21-12-10-19(30)24-23(16-6-3-2-4-7-16)26(32-25(21)24)27(34)33-31-15-17-14-18(29)9-11-20(17)38-28(35)22-8-5-13-37-22/h2-15,32H,1H3,(H,33,34). The molecule has 0 saturated heterocycles. The summed E-state index contributed by atoms with van der Waals surface area (Å²) in [7, 11) is 1.57. The Labute approximate surface area is 233 Å². The van der Waals surface area contributed by atoms with E-state index in [0.717, 1.165) is 19.9 Å². The number of amides is 1. The van der Waals surface area contributed by atoms with E-state index in [4.69, 9.17) is 13.9 Å². The lowest BCUT2D eigenvalue weighted by Crippen LogP contribution is -2.19. The summed E-state index contributed by atoms with van der Waals surface area (Å²) in [6.45, 7) is 0. The van der Waals surface area contributed by atoms with Crippen LogP contribution in [0, 0.1) is 0 Å². The van der Waals surface area contributed by atoms with Gasteiger partial charge in [-0.1, -0.05) is 62.2 Å². The van der Waals surface area contributed by atoms with E-state index in [9.17, 15) is 9.59 Å². The molecule has 0 atom stereocenters. The van der Waals surface area contributed by atoms with Crippen LogP contribution in [0.2, 0.25) is 0 Å². The Morgan fingerprint density at radius 3 is 2.53 bits per heavy atom. The van der Waals surface area contributed by atoms with Gasteiger partial charge in [0.15, 0.2) is 0 Å². The zero-order valence-corrected chi connectivity index (χ0v) is 23.0. The number of esters is 1. The van der Waals surface area contributed by atoms with Gasteiger partial charge in [0.25, 0.3) is 5.91 Å². The minimum Gasteiger partial charge on any atom is -0.495 e. The van der Waals surface area contributed by atoms with Crippen LogP contribution in [0.25, 0.3) is 22.0 Å². The largest absolute Gasteiger partial charge is 0.495 e. The number of rotatable bonds is 7. The molecule has 0 spiro atoms. The maximum atomic E-state index is 13.4. The van der Waals surface area contributed by atoms with Crippen molar-refractivity contribution in [2.75, 3.05) is 7.11 Å². The van der Waals surface area contributed by atoms with Crippen molar-refractivity contribution in [2.24, 2.45) is 5.10 Å². The number of hydrogen-bond donors (Lipinski definition) is 2. The first kappa shape index (κ1) is 25.5. The van der Waals surface area contributed by atoms with Crippen molar-refractivity contribution in [1.82, 2.24) is 10.4 Å². The highest BCUT2D eigenvalue weighted by atomic mass is 79.9. The van der Waals surface area contributed by atoms with E-state index in [0.29, 0.717) is 28.1 Å². The number of benzene rings is 3. The molecule has 0 aliphatic carbocycles. The summed E-state index contributed by atoms with van der Waals surface area (Å²) in [5.41, 5.74) is 5.57. The second kappa shape index (κ2) is 11.1. The maximum Gasteiger partial charge on any atom is 0.379 e. The number of H-pyrrole nitrogens is 1. The highest BCUT2D eigenvalue weighted by molar-refractivity contribution is 9.11. The molecular formula is C28H19Br2N3O5. The van der Waals surface area contributed by atoms with Gasteiger partial charge in [-0.05, 0) is 48.0 Å². The van der Waals surface area contributed by atoms with Gasteiger partial charge < -0.3 is 18.9 Å². The number of aromatic nitrogens is 1. The lowest BCUT2D eigenvalue weighted by atomic mass is 10.0. The first-order valence-corrected chi connectivity index (χ1v) is 12.9. The Balaban J connectivity index is 1.47. The van der Waals surface area contributed by atoms with E-state index in [1.807, 2.05) is 42.5 Å². The van der Waals surface area contributed by atoms with Crippen LogP contribution in [0.15, 0.2) is 97.5 Å². The van der Waals surface area contributed by atoms with E-state index in [1.165, 1.54) is 18.5 Å². The summed E-state index contributed by atoms with van der Waals surface area (Å²) >= 11 is 7.02. The third kappa shape index (κ3) is 5.13. The van der Waals surface area contributed by atoms with Gasteiger partial charge >= 0.3 is 5.97 Å². The number of fused-ring (bicyclic) bond motifs is 1. The number of halogens is 2. The number of hydrogen-bond acceptors (Lipinski definition) is 6. The monoisotopic (exact) mass is 635 g/mol. The van der Waals surface area contributed by atoms with Crippen LogP contribution in [0.3, 0.4) is 0 Å². The van der Waals surface area contributed by atoms with Crippen molar-refractivity contribution in [1.29, 1.82) is 0 Å². The molecule has 0 fully saturated rings. The molecule has 1 amide bonds. The van der Waals surface area contributed by atoms with Crippen molar-refractivity contribution < 1.29 is 23.5 Å². The van der Waals surface area contributed by atoms with E-state index >= 15 is 0 Å². The summed E-state index contributed by atoms with van der Waals surface area (Å²) in [6, 6.07) is 21.4. The number of hydrazone groups is 1. The number of nitrogens with zero attached hydrogens (tertiary/aromatic N) is 1. The van der Waals surface area contributed by atoms with Crippen LogP contribution < -0.4 is 14.9 Å². The number of aromatic amines is 1. The molecule has 0 radical (unpaired) electrons. The van der Waals surface area contributed by atoms with Crippen molar-refractivity contribution >= 4 is 60.9 Å². The fourth-order valence-corrected chi connectivity index (χ4v) is 4.85. The number of furan rings is 1. The first-order chi connectivity index (χ1) is 18.5. The van der Waals surface area contributed by atoms with Crippen LogP contribution in [0.5, 0.6) is 11.5 Å². The van der Waals surface area contributed by atoms with E-state index in [-0.39, 0.29) is 11.5 Å². The molecule has 0 aliphatic rings. The fraction of sp³-hybridized carbons (Fsp3) is 0.0357. The van der Waals surface area contributed by atoms with E-state index in [1.54, 1.807) is 31.4 Å². The van der Waals surface area contributed by atoms with Gasteiger partial charge in [0.05, 0.1) is 25.1 Å². The zero-order chi connectivity index (χ0) is 26.6. The van der Waals surface area contributed by atoms with Gasteiger partial charge in [-0.3, -0.25) is 4.79 Å². The molecule has 5 rings (SSSR count). The highest BCUT2D eigenvalue weighted by Gasteiger charge is 2.23. The summed E-state index contributed by atoms with van der Waals surface area (Å²) in [5, 5.41) is 4.95. The van der Waals surface area contributed by atoms with Gasteiger partial charge in [0, 0.05) is 25.5 Å². The highest BCUT2D eigenvalue weighted by Crippen LogP contribution is 2.40. The average Bonchev–Trinajstić information content (AvgIpc) is 3.60. The number of methoxy groups -OCH3 is 1. The Hall–Kier alpha value is -4.15. The summed E-state index contributed by atoms with van der Waals surface area (Å²) in [4.78, 5) is 28.9. The van der Waals surface area contributed by atoms with Crippen LogP contribution in [0.1, 0.15) is 26.6 Å². The molecule has 0 bridgehead atoms. The molecule has 38 heavy (non-hydrogen) atoms. The molecule has 0 unspecified atom stereocenters. The molecule has 3 aromatic carbocycles. The zero-order valence-electron chi connectivity index (χ0n) is 19.8. The van der Waals surface area contributed by atoms with Crippen LogP contribution in [-0.2, 0) is 0 Å². The number of carbonyl (C=O) groups excluding carboxylic acids is 2. The molecule has 190 valence electrons. The quantitative estimate of drug-likeness (QED) is 0.0871. The Kier molecular flexibility index (Phi) is 7.43. The number of carbonyl (C=O) groups is 2. The third-order valence-electron chi connectivity index (χ3n) is 5.64. The van der Waals surface area contributed by atoms with Crippen molar-refractivity contribution in [3.05, 3.63) is 105 Å². The maximum absolute atomic E-state index is 13.4. The molecular weight excluding hydrogens is 618 g/mol. The third-order valence-corrected chi connectivity index (χ3v) is 6.80. The number of nitrogens with one attached hydrogen (secondary N) is 2. The van der Waals surface area contributed by atoms with Crippen molar-refractivity contribution in [3.63, 3.8) is 0 Å². The smallest absolute Gasteiger partial charge is 0.379 e. The predicted molar refractivity (Wildman–Crippen MR) is 151 cm³/mol. The normalized spacial score (nSPS) is 11.1. The number of ether oxygens (including phenoxy) is 2. The van der Waals surface area contributed by atoms with E-state index < -0.39 is 11.9 Å². The van der Waals surface area contributed by atoms with Crippen LogP contribution in [0.4, 0.5) is 0 Å². The van der Waals surface area contributed by atoms with Gasteiger partial charge in [-0.25, -0.2) is 10.2 Å². The van der Waals surface area contributed by atoms with Crippen molar-refractivity contribution in [2.45, 2.75) is 0 Å². The molecule has 2 heterocycles. The van der Waals surface area contributed by atoms with Crippen molar-refractivity contribution in [3.8, 4) is 22.6 Å². The lowest BCUT2D eigenvalue weighted by Gasteiger charge is -2.07. The summed E-state index contributed by atoms with van der Waals surface area (Å²) in [5.74, 6) is -0.203. The SMILES string of the molecule is COc1ccc(Br)c2c(-c3ccccc3)c(C(=O)NN=Cc3cc(Br)ccc3OC(=O)c3ccco3)[nH]c12. The van der Waals surface area contributed by atoms with Crippen LogP contribution in [-0.4, -0.2) is 30.2 Å². The molecule has 10 heteroatoms. The summed E-state index contributed by atoms with van der Waals surface area (Å²) in [6.07, 6.45) is 2.78. The lowest BCUT2D eigenvalue weighted by molar-refractivity contribution is 0.0700. The molecule has 0 aliphatic heterocycles. The summed E-state index contributed by atoms with van der Waals surface area (Å²) < 4.78 is 17.6. The minimum atomic E-state index is -0.652. The molecule has 0 saturated carbocycles. The van der Waals surface area contributed by atoms with E-state index in [2.05, 4.69) is 47.4 Å². The predicted octanol–water partition coefficient (Wildman–Crippen LogP) is 6.94. The van der Waals surface area contributed by atoms with Gasteiger partial charge in [0.2, 0.25) is 5.76 Å². The van der Waals surface area contributed by atoms with Gasteiger partial charge in [-0.15, -0.1) is 0 Å². The Morgan fingerprint density at radius 1 is 1.00 bits per heavy atom. The molecule has 2 N–H and O–H groups in total.